The topological polar surface area (TPSA) is 49.4 Å². The molecule has 0 aromatic heterocycles. The van der Waals surface area contributed by atoms with Gasteiger partial charge in [-0.05, 0) is 56.5 Å². The van der Waals surface area contributed by atoms with Gasteiger partial charge in [0.15, 0.2) is 0 Å². The van der Waals surface area contributed by atoms with Gasteiger partial charge in [-0.2, -0.15) is 0 Å². The van der Waals surface area contributed by atoms with Gasteiger partial charge >= 0.3 is 0 Å². The summed E-state index contributed by atoms with van der Waals surface area (Å²) in [6.45, 7) is 8.03. The van der Waals surface area contributed by atoms with Crippen molar-refractivity contribution in [2.75, 3.05) is 0 Å². The third-order valence-electron chi connectivity index (χ3n) is 5.54. The molecule has 0 saturated heterocycles. The van der Waals surface area contributed by atoms with Crippen LogP contribution in [-0.4, -0.2) is 28.3 Å². The zero-order valence-corrected chi connectivity index (χ0v) is 22.2. The number of aryl methyl sites for hydroxylation is 1. The molecule has 1 unspecified atom stereocenters. The van der Waals surface area contributed by atoms with Gasteiger partial charge < -0.3 is 10.2 Å². The average molecular weight is 511 g/mol. The van der Waals surface area contributed by atoms with Crippen molar-refractivity contribution in [1.29, 1.82) is 0 Å². The van der Waals surface area contributed by atoms with Gasteiger partial charge in [-0.1, -0.05) is 89.4 Å². The molecule has 3 aromatic rings. The van der Waals surface area contributed by atoms with Crippen LogP contribution in [0.1, 0.15) is 43.0 Å². The summed E-state index contributed by atoms with van der Waals surface area (Å²) in [5.74, 6) is -0.328. The minimum atomic E-state index is -0.705. The lowest BCUT2D eigenvalue weighted by Crippen LogP contribution is -2.54. The Morgan fingerprint density at radius 1 is 0.857 bits per heavy atom. The van der Waals surface area contributed by atoms with E-state index in [4.69, 9.17) is 23.2 Å². The molecule has 3 aromatic carbocycles. The first-order valence-electron chi connectivity index (χ1n) is 11.7. The molecule has 0 aliphatic heterocycles. The van der Waals surface area contributed by atoms with Gasteiger partial charge in [0, 0.05) is 18.5 Å². The van der Waals surface area contributed by atoms with Crippen LogP contribution in [0, 0.1) is 6.92 Å². The summed E-state index contributed by atoms with van der Waals surface area (Å²) in [5.41, 5.74) is 3.32. The fourth-order valence-corrected chi connectivity index (χ4v) is 4.26. The Hall–Kier alpha value is -2.82. The maximum absolute atomic E-state index is 13.8. The highest BCUT2D eigenvalue weighted by Crippen LogP contribution is 2.25. The van der Waals surface area contributed by atoms with E-state index in [0.717, 1.165) is 22.3 Å². The molecule has 0 radical (unpaired) electrons. The lowest BCUT2D eigenvalue weighted by Gasteiger charge is -2.34. The van der Waals surface area contributed by atoms with Crippen LogP contribution in [-0.2, 0) is 29.0 Å². The smallest absolute Gasteiger partial charge is 0.243 e. The van der Waals surface area contributed by atoms with E-state index in [2.05, 4.69) is 5.32 Å². The van der Waals surface area contributed by atoms with Gasteiger partial charge in [-0.25, -0.2) is 0 Å². The minimum Gasteiger partial charge on any atom is -0.350 e. The van der Waals surface area contributed by atoms with Crippen molar-refractivity contribution in [3.8, 4) is 0 Å². The molecule has 6 heteroatoms. The van der Waals surface area contributed by atoms with Crippen molar-refractivity contribution in [3.05, 3.63) is 105 Å². The normalized spacial score (nSPS) is 12.2. The SMILES string of the molecule is Cc1cccc(CC(=O)N(Cc2ccc(Cl)c(Cl)c2)C(Cc2ccccc2)C(=O)NC(C)(C)C)c1. The lowest BCUT2D eigenvalue weighted by molar-refractivity contribution is -0.141. The van der Waals surface area contributed by atoms with Gasteiger partial charge in [0.25, 0.3) is 0 Å². The third kappa shape index (κ3) is 8.12. The fourth-order valence-electron chi connectivity index (χ4n) is 3.94. The summed E-state index contributed by atoms with van der Waals surface area (Å²) in [6.07, 6.45) is 0.584. The van der Waals surface area contributed by atoms with Crippen molar-refractivity contribution >= 4 is 35.0 Å². The number of nitrogens with one attached hydrogen (secondary N) is 1. The van der Waals surface area contributed by atoms with Crippen molar-refractivity contribution in [2.45, 2.75) is 58.7 Å². The fraction of sp³-hybridized carbons (Fsp3) is 0.310. The largest absolute Gasteiger partial charge is 0.350 e. The van der Waals surface area contributed by atoms with Gasteiger partial charge in [0.2, 0.25) is 11.8 Å². The van der Waals surface area contributed by atoms with E-state index in [0.29, 0.717) is 16.5 Å². The number of hydrogen-bond acceptors (Lipinski definition) is 2. The molecular formula is C29H32Cl2N2O2. The molecule has 35 heavy (non-hydrogen) atoms. The van der Waals surface area contributed by atoms with E-state index < -0.39 is 11.6 Å². The number of rotatable bonds is 8. The number of carbonyl (C=O) groups is 2. The van der Waals surface area contributed by atoms with Gasteiger partial charge in [0.1, 0.15) is 6.04 Å². The third-order valence-corrected chi connectivity index (χ3v) is 6.28. The molecule has 1 atom stereocenters. The Kier molecular flexibility index (Phi) is 8.98. The van der Waals surface area contributed by atoms with E-state index in [-0.39, 0.29) is 24.8 Å². The Morgan fingerprint density at radius 2 is 1.54 bits per heavy atom. The van der Waals surface area contributed by atoms with Crippen molar-refractivity contribution in [3.63, 3.8) is 0 Å². The predicted molar refractivity (Wildman–Crippen MR) is 144 cm³/mol. The van der Waals surface area contributed by atoms with E-state index in [1.807, 2.05) is 88.4 Å². The number of nitrogens with zero attached hydrogens (tertiary/aromatic N) is 1. The summed E-state index contributed by atoms with van der Waals surface area (Å²) in [7, 11) is 0. The minimum absolute atomic E-state index is 0.133. The first kappa shape index (κ1) is 26.8. The zero-order chi connectivity index (χ0) is 25.6. The summed E-state index contributed by atoms with van der Waals surface area (Å²) in [5, 5.41) is 3.93. The average Bonchev–Trinajstić information content (AvgIpc) is 2.78. The molecule has 184 valence electrons. The zero-order valence-electron chi connectivity index (χ0n) is 20.6. The molecule has 0 bridgehead atoms. The molecule has 0 spiro atoms. The number of carbonyl (C=O) groups excluding carboxylic acids is 2. The van der Waals surface area contributed by atoms with Crippen LogP contribution in [0.2, 0.25) is 10.0 Å². The highest BCUT2D eigenvalue weighted by atomic mass is 35.5. The molecule has 3 rings (SSSR count). The first-order valence-corrected chi connectivity index (χ1v) is 12.4. The summed E-state index contributed by atoms with van der Waals surface area (Å²) in [4.78, 5) is 29.0. The highest BCUT2D eigenvalue weighted by Gasteiger charge is 2.32. The highest BCUT2D eigenvalue weighted by molar-refractivity contribution is 6.42. The number of hydrogen-bond donors (Lipinski definition) is 1. The van der Waals surface area contributed by atoms with Crippen LogP contribution in [0.4, 0.5) is 0 Å². The molecular weight excluding hydrogens is 479 g/mol. The maximum atomic E-state index is 13.8. The Balaban J connectivity index is 2.01. The van der Waals surface area contributed by atoms with Gasteiger partial charge in [-0.15, -0.1) is 0 Å². The molecule has 0 aliphatic carbocycles. The van der Waals surface area contributed by atoms with Crippen LogP contribution < -0.4 is 5.32 Å². The molecule has 0 saturated carbocycles. The summed E-state index contributed by atoms with van der Waals surface area (Å²) in [6, 6.07) is 22.2. The summed E-state index contributed by atoms with van der Waals surface area (Å²) < 4.78 is 0. The number of halogens is 2. The second-order valence-electron chi connectivity index (χ2n) is 9.88. The quantitative estimate of drug-likeness (QED) is 0.381. The van der Waals surface area contributed by atoms with Crippen LogP contribution in [0.5, 0.6) is 0 Å². The second-order valence-corrected chi connectivity index (χ2v) is 10.7. The van der Waals surface area contributed by atoms with Crippen molar-refractivity contribution < 1.29 is 9.59 Å². The Labute approximate surface area is 218 Å². The Morgan fingerprint density at radius 3 is 2.17 bits per heavy atom. The molecule has 2 amide bonds. The van der Waals surface area contributed by atoms with Crippen LogP contribution >= 0.6 is 23.2 Å². The van der Waals surface area contributed by atoms with Crippen molar-refractivity contribution in [2.24, 2.45) is 0 Å². The van der Waals surface area contributed by atoms with E-state index >= 15 is 0 Å². The van der Waals surface area contributed by atoms with Gasteiger partial charge in [-0.3, -0.25) is 9.59 Å². The molecule has 0 fully saturated rings. The molecule has 1 N–H and O–H groups in total. The molecule has 4 nitrogen and oxygen atoms in total. The summed E-state index contributed by atoms with van der Waals surface area (Å²) >= 11 is 12.4. The van der Waals surface area contributed by atoms with Gasteiger partial charge in [0.05, 0.1) is 16.5 Å². The van der Waals surface area contributed by atoms with Crippen molar-refractivity contribution in [1.82, 2.24) is 10.2 Å². The standard InChI is InChI=1S/C29H32Cl2N2O2/c1-20-9-8-12-22(15-20)18-27(34)33(19-23-13-14-24(30)25(31)16-23)26(28(35)32-29(2,3)4)17-21-10-6-5-7-11-21/h5-16,26H,17-19H2,1-4H3,(H,32,35). The van der Waals surface area contributed by atoms with E-state index in [1.165, 1.54) is 0 Å². The number of benzene rings is 3. The predicted octanol–water partition coefficient (Wildman–Crippen LogP) is 6.40. The first-order chi connectivity index (χ1) is 16.5. The monoisotopic (exact) mass is 510 g/mol. The lowest BCUT2D eigenvalue weighted by atomic mass is 9.99. The Bertz CT molecular complexity index is 1170. The number of amides is 2. The molecule has 0 aliphatic rings. The van der Waals surface area contributed by atoms with Crippen LogP contribution in [0.25, 0.3) is 0 Å². The second kappa shape index (κ2) is 11.7. The molecule has 0 heterocycles. The van der Waals surface area contributed by atoms with Crippen LogP contribution in [0.3, 0.4) is 0 Å². The van der Waals surface area contributed by atoms with E-state index in [1.54, 1.807) is 17.0 Å². The van der Waals surface area contributed by atoms with Crippen LogP contribution in [0.15, 0.2) is 72.8 Å². The van der Waals surface area contributed by atoms with E-state index in [9.17, 15) is 9.59 Å². The maximum Gasteiger partial charge on any atom is 0.243 e.